The first kappa shape index (κ1) is 13.5. The van der Waals surface area contributed by atoms with Crippen LogP contribution in [0.1, 0.15) is 18.4 Å². The molecule has 0 unspecified atom stereocenters. The molecule has 1 aromatic rings. The second-order valence-electron chi connectivity index (χ2n) is 4.89. The van der Waals surface area contributed by atoms with Crippen LogP contribution in [0.15, 0.2) is 23.1 Å². The average Bonchev–Trinajstić information content (AvgIpc) is 2.33. The Morgan fingerprint density at radius 2 is 2.00 bits per heavy atom. The van der Waals surface area contributed by atoms with Gasteiger partial charge in [-0.05, 0) is 62.5 Å². The molecule has 1 heterocycles. The zero-order valence-electron chi connectivity index (χ0n) is 10.4. The van der Waals surface area contributed by atoms with Crippen molar-refractivity contribution in [3.05, 3.63) is 29.6 Å². The SMILES string of the molecule is Cc1cc(S(=O)(=O)CC2CCNCC2)ccc1F. The number of benzene rings is 1. The molecule has 1 saturated heterocycles. The average molecular weight is 271 g/mol. The Hall–Kier alpha value is -0.940. The molecule has 18 heavy (non-hydrogen) atoms. The molecule has 0 radical (unpaired) electrons. The van der Waals surface area contributed by atoms with Crippen LogP contribution < -0.4 is 5.32 Å². The van der Waals surface area contributed by atoms with Gasteiger partial charge in [-0.2, -0.15) is 0 Å². The van der Waals surface area contributed by atoms with Crippen LogP contribution in [-0.2, 0) is 9.84 Å². The Balaban J connectivity index is 2.16. The predicted molar refractivity (Wildman–Crippen MR) is 68.8 cm³/mol. The van der Waals surface area contributed by atoms with Crippen LogP contribution >= 0.6 is 0 Å². The van der Waals surface area contributed by atoms with E-state index in [1.165, 1.54) is 18.2 Å². The topological polar surface area (TPSA) is 46.2 Å². The quantitative estimate of drug-likeness (QED) is 0.854. The molecule has 2 rings (SSSR count). The van der Waals surface area contributed by atoms with E-state index in [1.807, 2.05) is 0 Å². The molecular weight excluding hydrogens is 253 g/mol. The lowest BCUT2D eigenvalue weighted by atomic mass is 10.0. The van der Waals surface area contributed by atoms with Crippen LogP contribution in [0, 0.1) is 18.7 Å². The second kappa shape index (κ2) is 5.36. The first-order valence-corrected chi connectivity index (χ1v) is 7.84. The zero-order valence-corrected chi connectivity index (χ0v) is 11.3. The second-order valence-corrected chi connectivity index (χ2v) is 6.92. The predicted octanol–water partition coefficient (Wildman–Crippen LogP) is 1.91. The van der Waals surface area contributed by atoms with Gasteiger partial charge >= 0.3 is 0 Å². The van der Waals surface area contributed by atoms with Crippen LogP contribution in [0.2, 0.25) is 0 Å². The number of sulfone groups is 1. The van der Waals surface area contributed by atoms with Crippen LogP contribution in [-0.4, -0.2) is 27.3 Å². The van der Waals surface area contributed by atoms with Gasteiger partial charge in [0.25, 0.3) is 0 Å². The summed E-state index contributed by atoms with van der Waals surface area (Å²) < 4.78 is 37.6. The van der Waals surface area contributed by atoms with Crippen molar-refractivity contribution in [2.45, 2.75) is 24.7 Å². The summed E-state index contributed by atoms with van der Waals surface area (Å²) in [6, 6.07) is 4.01. The van der Waals surface area contributed by atoms with Gasteiger partial charge in [-0.15, -0.1) is 0 Å². The summed E-state index contributed by atoms with van der Waals surface area (Å²) in [5.41, 5.74) is 0.376. The largest absolute Gasteiger partial charge is 0.317 e. The molecule has 1 fully saturated rings. The molecular formula is C13H18FNO2S. The highest BCUT2D eigenvalue weighted by Gasteiger charge is 2.23. The molecule has 0 bridgehead atoms. The van der Waals surface area contributed by atoms with E-state index >= 15 is 0 Å². The van der Waals surface area contributed by atoms with E-state index in [2.05, 4.69) is 5.32 Å². The molecule has 3 nitrogen and oxygen atoms in total. The van der Waals surface area contributed by atoms with E-state index in [0.29, 0.717) is 5.56 Å². The monoisotopic (exact) mass is 271 g/mol. The van der Waals surface area contributed by atoms with Crippen LogP contribution in [0.5, 0.6) is 0 Å². The van der Waals surface area contributed by atoms with Gasteiger partial charge in [-0.1, -0.05) is 0 Å². The summed E-state index contributed by atoms with van der Waals surface area (Å²) >= 11 is 0. The zero-order chi connectivity index (χ0) is 13.2. The molecule has 0 aromatic heterocycles. The molecule has 100 valence electrons. The highest BCUT2D eigenvalue weighted by Crippen LogP contribution is 2.21. The summed E-state index contributed by atoms with van der Waals surface area (Å²) in [5, 5.41) is 3.21. The normalized spacial score (nSPS) is 17.9. The van der Waals surface area contributed by atoms with Crippen molar-refractivity contribution < 1.29 is 12.8 Å². The minimum Gasteiger partial charge on any atom is -0.317 e. The first-order valence-electron chi connectivity index (χ1n) is 6.19. The third-order valence-corrected chi connectivity index (χ3v) is 5.28. The Morgan fingerprint density at radius 3 is 2.61 bits per heavy atom. The third kappa shape index (κ3) is 3.09. The Bertz CT molecular complexity index is 522. The van der Waals surface area contributed by atoms with Crippen molar-refractivity contribution in [3.63, 3.8) is 0 Å². The van der Waals surface area contributed by atoms with Gasteiger partial charge < -0.3 is 5.32 Å². The molecule has 1 aliphatic rings. The van der Waals surface area contributed by atoms with Gasteiger partial charge in [0, 0.05) is 0 Å². The van der Waals surface area contributed by atoms with Gasteiger partial charge in [-0.25, -0.2) is 12.8 Å². The Labute approximate surface area is 107 Å². The molecule has 5 heteroatoms. The number of hydrogen-bond acceptors (Lipinski definition) is 3. The summed E-state index contributed by atoms with van der Waals surface area (Å²) in [7, 11) is -3.29. The van der Waals surface area contributed by atoms with Gasteiger partial charge in [-0.3, -0.25) is 0 Å². The van der Waals surface area contributed by atoms with Crippen molar-refractivity contribution in [3.8, 4) is 0 Å². The van der Waals surface area contributed by atoms with Crippen LogP contribution in [0.3, 0.4) is 0 Å². The summed E-state index contributed by atoms with van der Waals surface area (Å²) in [4.78, 5) is 0.236. The van der Waals surface area contributed by atoms with E-state index in [9.17, 15) is 12.8 Å². The molecule has 0 amide bonds. The molecule has 1 aromatic carbocycles. The maximum Gasteiger partial charge on any atom is 0.178 e. The van der Waals surface area contributed by atoms with Gasteiger partial charge in [0.1, 0.15) is 5.82 Å². The van der Waals surface area contributed by atoms with E-state index in [0.717, 1.165) is 25.9 Å². The molecule has 1 aliphatic heterocycles. The van der Waals surface area contributed by atoms with Crippen molar-refractivity contribution in [2.24, 2.45) is 5.92 Å². The number of aryl methyl sites for hydroxylation is 1. The number of hydrogen-bond donors (Lipinski definition) is 1. The maximum absolute atomic E-state index is 13.1. The molecule has 0 aliphatic carbocycles. The fourth-order valence-electron chi connectivity index (χ4n) is 2.27. The lowest BCUT2D eigenvalue weighted by Gasteiger charge is -2.22. The summed E-state index contributed by atoms with van der Waals surface area (Å²) in [5.74, 6) is 0.0113. The van der Waals surface area contributed by atoms with Gasteiger partial charge in [0.05, 0.1) is 10.6 Å². The lowest BCUT2D eigenvalue weighted by Crippen LogP contribution is -2.31. The Morgan fingerprint density at radius 1 is 1.33 bits per heavy atom. The van der Waals surface area contributed by atoms with E-state index < -0.39 is 9.84 Å². The van der Waals surface area contributed by atoms with E-state index in [1.54, 1.807) is 6.92 Å². The highest BCUT2D eigenvalue weighted by molar-refractivity contribution is 7.91. The van der Waals surface area contributed by atoms with Gasteiger partial charge in [0.15, 0.2) is 9.84 Å². The van der Waals surface area contributed by atoms with Crippen molar-refractivity contribution in [2.75, 3.05) is 18.8 Å². The third-order valence-electron chi connectivity index (χ3n) is 3.40. The van der Waals surface area contributed by atoms with Crippen molar-refractivity contribution in [1.29, 1.82) is 0 Å². The van der Waals surface area contributed by atoms with E-state index in [-0.39, 0.29) is 22.4 Å². The highest BCUT2D eigenvalue weighted by atomic mass is 32.2. The molecule has 0 spiro atoms. The minimum absolute atomic E-state index is 0.166. The van der Waals surface area contributed by atoms with E-state index in [4.69, 9.17) is 0 Å². The summed E-state index contributed by atoms with van der Waals surface area (Å²) in [6.45, 7) is 3.34. The maximum atomic E-state index is 13.1. The number of piperidine rings is 1. The fourth-order valence-corrected chi connectivity index (χ4v) is 4.04. The van der Waals surface area contributed by atoms with Crippen molar-refractivity contribution in [1.82, 2.24) is 5.32 Å². The number of rotatable bonds is 3. The fraction of sp³-hybridized carbons (Fsp3) is 0.538. The lowest BCUT2D eigenvalue weighted by molar-refractivity contribution is 0.401. The van der Waals surface area contributed by atoms with Gasteiger partial charge in [0.2, 0.25) is 0 Å². The standard InChI is InChI=1S/C13H18FNO2S/c1-10-8-12(2-3-13(10)14)18(16,17)9-11-4-6-15-7-5-11/h2-3,8,11,15H,4-7,9H2,1H3. The summed E-state index contributed by atoms with van der Waals surface area (Å²) in [6.07, 6.45) is 1.78. The number of halogens is 1. The Kier molecular flexibility index (Phi) is 4.02. The van der Waals surface area contributed by atoms with Crippen LogP contribution in [0.4, 0.5) is 4.39 Å². The van der Waals surface area contributed by atoms with Crippen molar-refractivity contribution >= 4 is 9.84 Å². The first-order chi connectivity index (χ1) is 8.49. The molecule has 0 atom stereocenters. The minimum atomic E-state index is -3.29. The molecule has 1 N–H and O–H groups in total. The number of nitrogens with one attached hydrogen (secondary N) is 1. The smallest absolute Gasteiger partial charge is 0.178 e. The molecule has 0 saturated carbocycles. The van der Waals surface area contributed by atoms with Crippen LogP contribution in [0.25, 0.3) is 0 Å².